The second kappa shape index (κ2) is 7.24. The van der Waals surface area contributed by atoms with E-state index >= 15 is 0 Å². The molecule has 0 fully saturated rings. The van der Waals surface area contributed by atoms with Gasteiger partial charge in [0.1, 0.15) is 6.04 Å². The van der Waals surface area contributed by atoms with Gasteiger partial charge in [0.2, 0.25) is 10.0 Å². The van der Waals surface area contributed by atoms with Crippen LogP contribution in [-0.4, -0.2) is 32.1 Å². The Kier molecular flexibility index (Phi) is 7.07. The van der Waals surface area contributed by atoms with Crippen molar-refractivity contribution in [2.75, 3.05) is 6.54 Å². The zero-order valence-electron chi connectivity index (χ0n) is 9.04. The lowest BCUT2D eigenvalue weighted by molar-refractivity contribution is -0.138. The van der Waals surface area contributed by atoms with Crippen LogP contribution in [0, 0.1) is 3.57 Å². The summed E-state index contributed by atoms with van der Waals surface area (Å²) in [7, 11) is -3.85. The minimum atomic E-state index is -3.85. The lowest BCUT2D eigenvalue weighted by Crippen LogP contribution is -2.45. The van der Waals surface area contributed by atoms with Crippen LogP contribution < -0.4 is 10.5 Å². The number of nitrogens with one attached hydrogen (secondary N) is 1. The Morgan fingerprint density at radius 1 is 1.39 bits per heavy atom. The molecule has 0 aromatic heterocycles. The summed E-state index contributed by atoms with van der Waals surface area (Å²) in [6.45, 7) is -0.307. The van der Waals surface area contributed by atoms with Gasteiger partial charge in [0, 0.05) is 10.1 Å². The third kappa shape index (κ3) is 4.69. The largest absolute Gasteiger partial charge is 0.480 e. The molecule has 0 bridgehead atoms. The highest BCUT2D eigenvalue weighted by molar-refractivity contribution is 14.1. The van der Waals surface area contributed by atoms with E-state index in [0.29, 0.717) is 0 Å². The van der Waals surface area contributed by atoms with Crippen molar-refractivity contribution in [3.8, 4) is 0 Å². The third-order valence-corrected chi connectivity index (χ3v) is 4.16. The van der Waals surface area contributed by atoms with E-state index in [0.717, 1.165) is 3.57 Å². The van der Waals surface area contributed by atoms with Crippen LogP contribution >= 0.6 is 35.0 Å². The Morgan fingerprint density at radius 3 is 2.28 bits per heavy atom. The molecule has 1 rings (SSSR count). The van der Waals surface area contributed by atoms with Gasteiger partial charge < -0.3 is 10.8 Å². The first kappa shape index (κ1) is 17.6. The zero-order chi connectivity index (χ0) is 13.1. The van der Waals surface area contributed by atoms with Crippen LogP contribution in [0.2, 0.25) is 0 Å². The van der Waals surface area contributed by atoms with E-state index in [1.54, 1.807) is 12.1 Å². The number of rotatable bonds is 5. The molecule has 6 nitrogen and oxygen atoms in total. The Hall–Kier alpha value is -0.420. The van der Waals surface area contributed by atoms with E-state index in [-0.39, 0.29) is 23.8 Å². The van der Waals surface area contributed by atoms with Crippen LogP contribution in [0.4, 0.5) is 0 Å². The fourth-order valence-electron chi connectivity index (χ4n) is 1.07. The summed E-state index contributed by atoms with van der Waals surface area (Å²) < 4.78 is 26.5. The molecule has 4 N–H and O–H groups in total. The van der Waals surface area contributed by atoms with Crippen molar-refractivity contribution in [1.82, 2.24) is 4.72 Å². The summed E-state index contributed by atoms with van der Waals surface area (Å²) in [6.07, 6.45) is 0. The zero-order valence-corrected chi connectivity index (χ0v) is 12.8. The van der Waals surface area contributed by atoms with E-state index in [1.807, 2.05) is 27.3 Å². The summed E-state index contributed by atoms with van der Waals surface area (Å²) in [4.78, 5) is 10.7. The number of carboxylic acids is 1. The maximum atomic E-state index is 11.8. The molecule has 0 saturated heterocycles. The fourth-order valence-corrected chi connectivity index (χ4v) is 2.63. The third-order valence-electron chi connectivity index (χ3n) is 1.96. The molecule has 1 aromatic carbocycles. The van der Waals surface area contributed by atoms with Crippen LogP contribution in [0.5, 0.6) is 0 Å². The second-order valence-electron chi connectivity index (χ2n) is 3.20. The maximum Gasteiger partial charge on any atom is 0.323 e. The number of hydrogen-bond donors (Lipinski definition) is 3. The molecule has 0 saturated carbocycles. The summed E-state index contributed by atoms with van der Waals surface area (Å²) >= 11 is 2.04. The SMILES string of the molecule is Cl.NC[C@H](NS(=O)(=O)c1ccc(I)cc1)C(=O)O. The predicted molar refractivity (Wildman–Crippen MR) is 77.2 cm³/mol. The Labute approximate surface area is 125 Å². The van der Waals surface area contributed by atoms with Crippen LogP contribution in [0.25, 0.3) is 0 Å². The van der Waals surface area contributed by atoms with E-state index < -0.39 is 22.0 Å². The number of benzene rings is 1. The van der Waals surface area contributed by atoms with Crippen LogP contribution in [0.15, 0.2) is 29.2 Å². The molecule has 0 aliphatic rings. The summed E-state index contributed by atoms with van der Waals surface area (Å²) in [5.41, 5.74) is 5.17. The number of carbonyl (C=O) groups is 1. The second-order valence-corrected chi connectivity index (χ2v) is 6.16. The molecule has 1 atom stereocenters. The lowest BCUT2D eigenvalue weighted by Gasteiger charge is -2.12. The molecule has 0 aliphatic carbocycles. The van der Waals surface area contributed by atoms with Crippen molar-refractivity contribution < 1.29 is 18.3 Å². The van der Waals surface area contributed by atoms with E-state index in [1.165, 1.54) is 12.1 Å². The fraction of sp³-hybridized carbons (Fsp3) is 0.222. The molecule has 1 aromatic rings. The van der Waals surface area contributed by atoms with Gasteiger partial charge in [-0.05, 0) is 46.9 Å². The molecule has 9 heteroatoms. The average Bonchev–Trinajstić information content (AvgIpc) is 2.26. The van der Waals surface area contributed by atoms with Gasteiger partial charge in [0.15, 0.2) is 0 Å². The normalized spacial score (nSPS) is 12.6. The molecule has 102 valence electrons. The van der Waals surface area contributed by atoms with E-state index in [9.17, 15) is 13.2 Å². The summed E-state index contributed by atoms with van der Waals surface area (Å²) in [6, 6.07) is 4.72. The van der Waals surface area contributed by atoms with Crippen molar-refractivity contribution in [1.29, 1.82) is 0 Å². The first-order chi connectivity index (χ1) is 7.86. The Morgan fingerprint density at radius 2 is 1.89 bits per heavy atom. The van der Waals surface area contributed by atoms with E-state index in [2.05, 4.69) is 0 Å². The Bertz CT molecular complexity index is 506. The summed E-state index contributed by atoms with van der Waals surface area (Å²) in [5, 5.41) is 8.72. The number of nitrogens with two attached hydrogens (primary N) is 1. The van der Waals surface area contributed by atoms with Crippen LogP contribution in [0.3, 0.4) is 0 Å². The van der Waals surface area contributed by atoms with Crippen molar-refractivity contribution in [3.05, 3.63) is 27.8 Å². The van der Waals surface area contributed by atoms with Crippen molar-refractivity contribution in [3.63, 3.8) is 0 Å². The average molecular weight is 407 g/mol. The first-order valence-corrected chi connectivity index (χ1v) is 7.14. The number of aliphatic carboxylic acids is 1. The highest BCUT2D eigenvalue weighted by Crippen LogP contribution is 2.12. The standard InChI is InChI=1S/C9H11IN2O4S.ClH/c10-6-1-3-7(4-2-6)17(15,16)12-8(5-11)9(13)14;/h1-4,8,12H,5,11H2,(H,13,14);1H/t8-;/m0./s1. The molecule has 0 unspecified atom stereocenters. The van der Waals surface area contributed by atoms with Gasteiger partial charge in [-0.15, -0.1) is 12.4 Å². The van der Waals surface area contributed by atoms with Gasteiger partial charge in [0.05, 0.1) is 4.90 Å². The summed E-state index contributed by atoms with van der Waals surface area (Å²) in [5.74, 6) is -1.30. The van der Waals surface area contributed by atoms with Gasteiger partial charge >= 0.3 is 5.97 Å². The monoisotopic (exact) mass is 406 g/mol. The number of halogens is 2. The molecule has 0 heterocycles. The van der Waals surface area contributed by atoms with Gasteiger partial charge in [-0.2, -0.15) is 4.72 Å². The molecule has 18 heavy (non-hydrogen) atoms. The van der Waals surface area contributed by atoms with Gasteiger partial charge in [0.25, 0.3) is 0 Å². The van der Waals surface area contributed by atoms with Gasteiger partial charge in [-0.25, -0.2) is 8.42 Å². The van der Waals surface area contributed by atoms with Crippen molar-refractivity contribution in [2.24, 2.45) is 5.73 Å². The van der Waals surface area contributed by atoms with Crippen LogP contribution in [0.1, 0.15) is 0 Å². The molecular formula is C9H12ClIN2O4S. The molecule has 0 amide bonds. The minimum Gasteiger partial charge on any atom is -0.480 e. The smallest absolute Gasteiger partial charge is 0.323 e. The highest BCUT2D eigenvalue weighted by Gasteiger charge is 2.23. The van der Waals surface area contributed by atoms with Gasteiger partial charge in [-0.1, -0.05) is 0 Å². The molecule has 0 spiro atoms. The number of sulfonamides is 1. The quantitative estimate of drug-likeness (QED) is 0.613. The topological polar surface area (TPSA) is 109 Å². The maximum absolute atomic E-state index is 11.8. The predicted octanol–water partition coefficient (Wildman–Crippen LogP) is 0.403. The minimum absolute atomic E-state index is 0. The number of carboxylic acid groups (broad SMARTS) is 1. The van der Waals surface area contributed by atoms with E-state index in [4.69, 9.17) is 10.8 Å². The highest BCUT2D eigenvalue weighted by atomic mass is 127. The van der Waals surface area contributed by atoms with Crippen molar-refractivity contribution in [2.45, 2.75) is 10.9 Å². The molecule has 0 aliphatic heterocycles. The first-order valence-electron chi connectivity index (χ1n) is 4.57. The van der Waals surface area contributed by atoms with Crippen LogP contribution in [-0.2, 0) is 14.8 Å². The molecular weight excluding hydrogens is 395 g/mol. The Balaban J connectivity index is 0.00000289. The molecule has 0 radical (unpaired) electrons. The van der Waals surface area contributed by atoms with Gasteiger partial charge in [-0.3, -0.25) is 4.79 Å². The lowest BCUT2D eigenvalue weighted by atomic mass is 10.3. The number of hydrogen-bond acceptors (Lipinski definition) is 4. The van der Waals surface area contributed by atoms with Crippen molar-refractivity contribution >= 4 is 51.0 Å².